The largest absolute Gasteiger partial charge is 0.495 e. The van der Waals surface area contributed by atoms with Crippen molar-refractivity contribution in [2.45, 2.75) is 45.3 Å². The van der Waals surface area contributed by atoms with Crippen LogP contribution in [0.1, 0.15) is 32.3 Å². The molecule has 4 heterocycles. The highest BCUT2D eigenvalue weighted by molar-refractivity contribution is 6.42. The van der Waals surface area contributed by atoms with Crippen molar-refractivity contribution in [2.24, 2.45) is 4.99 Å². The molecule has 1 N–H and O–H groups in total. The van der Waals surface area contributed by atoms with Crippen LogP contribution in [-0.2, 0) is 11.3 Å². The van der Waals surface area contributed by atoms with Crippen molar-refractivity contribution >= 4 is 58.8 Å². The highest BCUT2D eigenvalue weighted by Gasteiger charge is 2.42. The number of rotatable bonds is 12. The fourth-order valence-electron chi connectivity index (χ4n) is 6.13. The van der Waals surface area contributed by atoms with Crippen molar-refractivity contribution in [1.82, 2.24) is 14.9 Å². The number of carbonyl (C=O) groups is 2. The van der Waals surface area contributed by atoms with Crippen LogP contribution in [0, 0.1) is 10.1 Å². The number of hydrogen-bond acceptors (Lipinski definition) is 10. The summed E-state index contributed by atoms with van der Waals surface area (Å²) in [4.78, 5) is 56.5. The number of methoxy groups -OCH3 is 2. The van der Waals surface area contributed by atoms with Gasteiger partial charge < -0.3 is 34.3 Å². The standard InChI is InChI=1S/C32H40Cl2N9O6/c1-19(2)37-31-36-15-21-16-40(28-26(33)23(48-5)14-24(49-6)27(28)34)32(45)41(30(21)38-31)22-10-12-39(17-22)25(44)8-7-13-43(3,4)18-20-9-11-35-29(20)42(46)47/h7-8,11,14-15,19,22H,9-10,12-13,16-18H2,1-6H3,(H,36,37,38)/q+1/b8-7+. The van der Waals surface area contributed by atoms with E-state index in [1.54, 1.807) is 34.4 Å². The van der Waals surface area contributed by atoms with E-state index in [4.69, 9.17) is 37.7 Å². The summed E-state index contributed by atoms with van der Waals surface area (Å²) in [6.07, 6.45) is 7.45. The molecule has 1 saturated heterocycles. The Hall–Kier alpha value is -4.47. The lowest BCUT2D eigenvalue weighted by Gasteiger charge is -2.39. The molecule has 0 radical (unpaired) electrons. The number of anilines is 3. The number of urea groups is 1. The number of halogens is 2. The molecule has 3 aliphatic rings. The molecule has 0 saturated carbocycles. The lowest BCUT2D eigenvalue weighted by Crippen LogP contribution is -2.53. The van der Waals surface area contributed by atoms with Crippen LogP contribution in [0.5, 0.6) is 11.5 Å². The Morgan fingerprint density at radius 3 is 2.55 bits per heavy atom. The molecule has 0 aliphatic carbocycles. The average Bonchev–Trinajstić information content (AvgIpc) is 3.71. The number of quaternary nitrogens is 1. The highest BCUT2D eigenvalue weighted by Crippen LogP contribution is 2.48. The van der Waals surface area contributed by atoms with E-state index in [2.05, 4.69) is 15.3 Å². The van der Waals surface area contributed by atoms with Gasteiger partial charge in [0.05, 0.1) is 58.7 Å². The van der Waals surface area contributed by atoms with Gasteiger partial charge in [0.1, 0.15) is 40.1 Å². The predicted octanol–water partition coefficient (Wildman–Crippen LogP) is 4.76. The van der Waals surface area contributed by atoms with E-state index >= 15 is 0 Å². The summed E-state index contributed by atoms with van der Waals surface area (Å²) < 4.78 is 11.3. The summed E-state index contributed by atoms with van der Waals surface area (Å²) >= 11 is 13.5. The number of benzene rings is 1. The molecule has 1 atom stereocenters. The van der Waals surface area contributed by atoms with Crippen LogP contribution in [0.4, 0.5) is 22.2 Å². The van der Waals surface area contributed by atoms with Crippen molar-refractivity contribution in [2.75, 3.05) is 69.6 Å². The second kappa shape index (κ2) is 14.6. The first kappa shape index (κ1) is 35.8. The molecule has 0 spiro atoms. The van der Waals surface area contributed by atoms with Crippen LogP contribution in [-0.4, -0.2) is 109 Å². The summed E-state index contributed by atoms with van der Waals surface area (Å²) in [5.74, 6) is 1.08. The van der Waals surface area contributed by atoms with Gasteiger partial charge in [0.15, 0.2) is 0 Å². The third kappa shape index (κ3) is 7.58. The molecule has 3 aliphatic heterocycles. The van der Waals surface area contributed by atoms with E-state index in [9.17, 15) is 19.7 Å². The Bertz CT molecular complexity index is 1720. The third-order valence-corrected chi connectivity index (χ3v) is 9.16. The molecule has 1 fully saturated rings. The first-order valence-electron chi connectivity index (χ1n) is 15.7. The number of hydrogen-bond donors (Lipinski definition) is 1. The molecular weight excluding hydrogens is 677 g/mol. The van der Waals surface area contributed by atoms with Gasteiger partial charge >= 0.3 is 11.9 Å². The number of likely N-dealkylation sites (N-methyl/N-ethyl adjacent to an activating group) is 1. The predicted molar refractivity (Wildman–Crippen MR) is 188 cm³/mol. The SMILES string of the molecule is COc1cc(OC)c(Cl)c(N2Cc3cnc(NC(C)C)nc3N(C3CCN(C(=O)/C=C/C[N+](C)(C)CC4=C([N+](=O)[O-])N=CC4)C3)C2=O)c1Cl. The summed E-state index contributed by atoms with van der Waals surface area (Å²) in [5, 5.41) is 14.8. The quantitative estimate of drug-likeness (QED) is 0.142. The molecule has 262 valence electrons. The second-order valence-electron chi connectivity index (χ2n) is 12.9. The number of nitrogens with one attached hydrogen (secondary N) is 1. The maximum atomic E-state index is 14.5. The van der Waals surface area contributed by atoms with Crippen LogP contribution in [0.25, 0.3) is 0 Å². The van der Waals surface area contributed by atoms with Crippen molar-refractivity contribution in [3.8, 4) is 11.5 Å². The second-order valence-corrected chi connectivity index (χ2v) is 13.7. The molecule has 0 bridgehead atoms. The monoisotopic (exact) mass is 716 g/mol. The number of nitrogens with zero attached hydrogens (tertiary/aromatic N) is 8. The van der Waals surface area contributed by atoms with Crippen molar-refractivity contribution in [3.05, 3.63) is 61.5 Å². The summed E-state index contributed by atoms with van der Waals surface area (Å²) in [6.45, 7) is 5.59. The van der Waals surface area contributed by atoms with Gasteiger partial charge in [-0.15, -0.1) is 0 Å². The van der Waals surface area contributed by atoms with Gasteiger partial charge in [-0.3, -0.25) is 14.6 Å². The average molecular weight is 718 g/mol. The maximum Gasteiger partial charge on any atom is 0.368 e. The van der Waals surface area contributed by atoms with E-state index < -0.39 is 17.0 Å². The van der Waals surface area contributed by atoms with Gasteiger partial charge in [0.2, 0.25) is 11.9 Å². The zero-order valence-corrected chi connectivity index (χ0v) is 29.8. The Morgan fingerprint density at radius 1 is 1.22 bits per heavy atom. The van der Waals surface area contributed by atoms with E-state index in [0.717, 1.165) is 0 Å². The number of amides is 3. The van der Waals surface area contributed by atoms with E-state index in [1.165, 1.54) is 25.2 Å². The van der Waals surface area contributed by atoms with Crippen LogP contribution < -0.4 is 24.6 Å². The van der Waals surface area contributed by atoms with Crippen LogP contribution in [0.15, 0.2) is 40.8 Å². The normalized spacial score (nSPS) is 17.9. The first-order valence-corrected chi connectivity index (χ1v) is 16.5. The van der Waals surface area contributed by atoms with Gasteiger partial charge in [0.25, 0.3) is 0 Å². The molecule has 15 nitrogen and oxygen atoms in total. The van der Waals surface area contributed by atoms with Crippen molar-refractivity contribution in [3.63, 3.8) is 0 Å². The lowest BCUT2D eigenvalue weighted by atomic mass is 10.1. The fourth-order valence-corrected chi connectivity index (χ4v) is 6.84. The van der Waals surface area contributed by atoms with Gasteiger partial charge in [-0.25, -0.2) is 9.78 Å². The zero-order chi connectivity index (χ0) is 35.6. The summed E-state index contributed by atoms with van der Waals surface area (Å²) in [6, 6.07) is 0.770. The number of aliphatic imine (C=N–C) groups is 1. The topological polar surface area (TPSA) is 156 Å². The van der Waals surface area contributed by atoms with Gasteiger partial charge in [-0.2, -0.15) is 4.98 Å². The van der Waals surface area contributed by atoms with Crippen LogP contribution in [0.2, 0.25) is 10.0 Å². The third-order valence-electron chi connectivity index (χ3n) is 8.43. The molecule has 1 aromatic carbocycles. The number of nitro groups is 1. The number of likely N-dealkylation sites (tertiary alicyclic amines) is 1. The molecule has 3 amide bonds. The molecule has 17 heteroatoms. The minimum absolute atomic E-state index is 0.0532. The molecule has 1 aromatic heterocycles. The fraction of sp³-hybridized carbons (Fsp3) is 0.469. The zero-order valence-electron chi connectivity index (χ0n) is 28.3. The Kier molecular flexibility index (Phi) is 10.6. The lowest BCUT2D eigenvalue weighted by molar-refractivity contribution is -0.880. The number of carbonyl (C=O) groups excluding carboxylic acids is 2. The summed E-state index contributed by atoms with van der Waals surface area (Å²) in [5.41, 5.74) is 1.54. The molecule has 2 aromatic rings. The highest BCUT2D eigenvalue weighted by atomic mass is 35.5. The van der Waals surface area contributed by atoms with E-state index in [1.807, 2.05) is 27.9 Å². The van der Waals surface area contributed by atoms with Crippen LogP contribution >= 0.6 is 23.2 Å². The Labute approximate surface area is 294 Å². The van der Waals surface area contributed by atoms with E-state index in [-0.39, 0.29) is 58.1 Å². The van der Waals surface area contributed by atoms with Crippen molar-refractivity contribution in [1.29, 1.82) is 0 Å². The Balaban J connectivity index is 1.38. The number of ether oxygens (including phenoxy) is 2. The van der Waals surface area contributed by atoms with Crippen LogP contribution in [0.3, 0.4) is 0 Å². The first-order chi connectivity index (χ1) is 23.2. The minimum atomic E-state index is -0.461. The number of aromatic nitrogens is 2. The van der Waals surface area contributed by atoms with Gasteiger partial charge in [-0.05, 0) is 31.3 Å². The molecule has 5 rings (SSSR count). The molecule has 1 unspecified atom stereocenters. The Morgan fingerprint density at radius 2 is 1.92 bits per heavy atom. The smallest absolute Gasteiger partial charge is 0.368 e. The number of fused-ring (bicyclic) bond motifs is 1. The van der Waals surface area contributed by atoms with Gasteiger partial charge in [0, 0.05) is 49.5 Å². The maximum absolute atomic E-state index is 14.5. The van der Waals surface area contributed by atoms with E-state index in [0.29, 0.717) is 59.9 Å². The van der Waals surface area contributed by atoms with Crippen molar-refractivity contribution < 1.29 is 28.5 Å². The summed E-state index contributed by atoms with van der Waals surface area (Å²) in [7, 11) is 6.80. The van der Waals surface area contributed by atoms with Gasteiger partial charge in [-0.1, -0.05) is 28.2 Å². The molecule has 49 heavy (non-hydrogen) atoms. The minimum Gasteiger partial charge on any atom is -0.495 e. The molecular formula is C32H40Cl2N9O6+.